The largest absolute Gasteiger partial charge is 0.497 e. The van der Waals surface area contributed by atoms with E-state index in [-0.39, 0.29) is 16.7 Å². The van der Waals surface area contributed by atoms with Crippen LogP contribution in [0.4, 0.5) is 5.82 Å². The van der Waals surface area contributed by atoms with Crippen molar-refractivity contribution in [3.05, 3.63) is 41.1 Å². The Morgan fingerprint density at radius 2 is 1.94 bits per heavy atom. The predicted molar refractivity (Wildman–Crippen MR) is 117 cm³/mol. The van der Waals surface area contributed by atoms with E-state index in [4.69, 9.17) is 21.1 Å². The standard InChI is InChI=1S/C22H23ClN4O4/c1-27-7-5-13(6-8-27)12-31-22-25-17-4-3-14(30-2)9-15(17)21(26-22)24-18-11-19(28)16(23)10-20(18)29/h3-4,9-11,13H,5-8,12H2,1-2H3,(H,24,25,26). The van der Waals surface area contributed by atoms with E-state index >= 15 is 0 Å². The average Bonchev–Trinajstić information content (AvgIpc) is 2.76. The highest BCUT2D eigenvalue weighted by Gasteiger charge is 2.22. The number of halogens is 1. The predicted octanol–water partition coefficient (Wildman–Crippen LogP) is 2.93. The van der Waals surface area contributed by atoms with Crippen LogP contribution in [0.2, 0.25) is 0 Å². The van der Waals surface area contributed by atoms with Crippen molar-refractivity contribution in [1.82, 2.24) is 14.9 Å². The Labute approximate surface area is 184 Å². The Morgan fingerprint density at radius 1 is 1.16 bits per heavy atom. The number of rotatable bonds is 6. The molecule has 1 N–H and O–H groups in total. The summed E-state index contributed by atoms with van der Waals surface area (Å²) < 4.78 is 11.2. The highest BCUT2D eigenvalue weighted by molar-refractivity contribution is 6.47. The first kappa shape index (κ1) is 21.3. The van der Waals surface area contributed by atoms with Gasteiger partial charge in [0.1, 0.15) is 11.6 Å². The van der Waals surface area contributed by atoms with Gasteiger partial charge in [0, 0.05) is 17.5 Å². The average molecular weight is 443 g/mol. The normalized spacial score (nSPS) is 18.0. The summed E-state index contributed by atoms with van der Waals surface area (Å²) in [6, 6.07) is 5.55. The van der Waals surface area contributed by atoms with Crippen LogP contribution in [0.5, 0.6) is 11.8 Å². The first-order valence-electron chi connectivity index (χ1n) is 10.0. The number of hydrogen-bond acceptors (Lipinski definition) is 8. The van der Waals surface area contributed by atoms with Crippen LogP contribution < -0.4 is 14.8 Å². The summed E-state index contributed by atoms with van der Waals surface area (Å²) in [5.41, 5.74) is 0.707. The molecular weight excluding hydrogens is 420 g/mol. The number of allylic oxidation sites excluding steroid dienone is 3. The lowest BCUT2D eigenvalue weighted by Gasteiger charge is -2.28. The van der Waals surface area contributed by atoms with Crippen LogP contribution in [-0.4, -0.2) is 60.3 Å². The van der Waals surface area contributed by atoms with E-state index in [1.165, 1.54) is 0 Å². The second kappa shape index (κ2) is 9.03. The Hall–Kier alpha value is -2.97. The maximum atomic E-state index is 12.3. The summed E-state index contributed by atoms with van der Waals surface area (Å²) in [6.45, 7) is 2.60. The van der Waals surface area contributed by atoms with Crippen molar-refractivity contribution < 1.29 is 19.1 Å². The van der Waals surface area contributed by atoms with E-state index in [9.17, 15) is 9.59 Å². The molecule has 8 nitrogen and oxygen atoms in total. The number of fused-ring (bicyclic) bond motifs is 1. The molecule has 1 saturated heterocycles. The lowest BCUT2D eigenvalue weighted by Crippen LogP contribution is -2.32. The molecule has 0 amide bonds. The summed E-state index contributed by atoms with van der Waals surface area (Å²) >= 11 is 5.77. The minimum atomic E-state index is -0.446. The fraction of sp³-hybridized carbons (Fsp3) is 0.364. The minimum Gasteiger partial charge on any atom is -0.497 e. The van der Waals surface area contributed by atoms with Crippen LogP contribution in [0.1, 0.15) is 12.8 Å². The summed E-state index contributed by atoms with van der Waals surface area (Å²) in [6.07, 6.45) is 4.37. The molecule has 1 aliphatic heterocycles. The molecule has 4 rings (SSSR count). The number of carbonyl (C=O) groups is 2. The molecule has 2 aromatic rings. The van der Waals surface area contributed by atoms with Gasteiger partial charge in [-0.05, 0) is 57.1 Å². The monoisotopic (exact) mass is 442 g/mol. The summed E-state index contributed by atoms with van der Waals surface area (Å²) in [4.78, 5) is 35.5. The van der Waals surface area contributed by atoms with Crippen molar-refractivity contribution >= 4 is 39.9 Å². The van der Waals surface area contributed by atoms with Crippen LogP contribution in [0, 0.1) is 5.92 Å². The van der Waals surface area contributed by atoms with Gasteiger partial charge in [-0.25, -0.2) is 0 Å². The molecule has 1 aromatic carbocycles. The lowest BCUT2D eigenvalue weighted by molar-refractivity contribution is -0.114. The first-order chi connectivity index (χ1) is 14.9. The number of likely N-dealkylation sites (tertiary alicyclic amines) is 1. The van der Waals surface area contributed by atoms with E-state index in [1.807, 2.05) is 0 Å². The molecular formula is C22H23ClN4O4. The Balaban J connectivity index is 1.62. The molecule has 1 fully saturated rings. The van der Waals surface area contributed by atoms with Gasteiger partial charge < -0.3 is 19.7 Å². The maximum Gasteiger partial charge on any atom is 0.318 e. The zero-order chi connectivity index (χ0) is 22.0. The van der Waals surface area contributed by atoms with E-state index < -0.39 is 11.6 Å². The van der Waals surface area contributed by atoms with Crippen LogP contribution in [-0.2, 0) is 9.59 Å². The van der Waals surface area contributed by atoms with Crippen molar-refractivity contribution in [2.24, 2.45) is 5.92 Å². The van der Waals surface area contributed by atoms with Crippen molar-refractivity contribution in [3.8, 4) is 11.8 Å². The minimum absolute atomic E-state index is 0.0819. The van der Waals surface area contributed by atoms with Gasteiger partial charge in [0.2, 0.25) is 5.78 Å². The van der Waals surface area contributed by atoms with Gasteiger partial charge in [0.15, 0.2) is 5.78 Å². The number of ether oxygens (including phenoxy) is 2. The number of benzene rings is 1. The van der Waals surface area contributed by atoms with E-state index in [2.05, 4.69) is 27.2 Å². The maximum absolute atomic E-state index is 12.3. The van der Waals surface area contributed by atoms with Gasteiger partial charge in [-0.2, -0.15) is 9.97 Å². The van der Waals surface area contributed by atoms with Gasteiger partial charge in [-0.3, -0.25) is 9.59 Å². The van der Waals surface area contributed by atoms with Gasteiger partial charge in [-0.1, -0.05) is 11.6 Å². The van der Waals surface area contributed by atoms with E-state index in [0.717, 1.165) is 38.1 Å². The fourth-order valence-electron chi connectivity index (χ4n) is 3.55. The number of methoxy groups -OCH3 is 1. The quantitative estimate of drug-likeness (QED) is 0.682. The smallest absolute Gasteiger partial charge is 0.318 e. The first-order valence-corrected chi connectivity index (χ1v) is 10.4. The van der Waals surface area contributed by atoms with Crippen molar-refractivity contribution in [2.75, 3.05) is 39.2 Å². The molecule has 2 aliphatic rings. The molecule has 1 aliphatic carbocycles. The number of nitrogens with one attached hydrogen (secondary N) is 1. The molecule has 0 saturated carbocycles. The fourth-order valence-corrected chi connectivity index (χ4v) is 3.71. The number of anilines is 1. The molecule has 162 valence electrons. The van der Waals surface area contributed by atoms with Gasteiger partial charge >= 0.3 is 6.01 Å². The number of hydrogen-bond donors (Lipinski definition) is 1. The molecule has 0 spiro atoms. The number of carbonyl (C=O) groups excluding carboxylic acids is 2. The SMILES string of the molecule is COc1ccc2nc(OCC3CCN(C)CC3)nc(NC3=CC(=O)C(Cl)=CC3=O)c2c1. The number of piperidine rings is 1. The highest BCUT2D eigenvalue weighted by atomic mass is 35.5. The zero-order valence-corrected chi connectivity index (χ0v) is 18.1. The van der Waals surface area contributed by atoms with Gasteiger partial charge in [0.05, 0.1) is 30.0 Å². The molecule has 1 aromatic heterocycles. The Bertz CT molecular complexity index is 1090. The number of aromatic nitrogens is 2. The van der Waals surface area contributed by atoms with E-state index in [1.54, 1.807) is 25.3 Å². The topological polar surface area (TPSA) is 93.7 Å². The van der Waals surface area contributed by atoms with Gasteiger partial charge in [-0.15, -0.1) is 0 Å². The van der Waals surface area contributed by atoms with Crippen LogP contribution in [0.25, 0.3) is 10.9 Å². The number of ketones is 2. The van der Waals surface area contributed by atoms with Crippen molar-refractivity contribution in [2.45, 2.75) is 12.8 Å². The summed E-state index contributed by atoms with van der Waals surface area (Å²) in [5, 5.41) is 3.47. The van der Waals surface area contributed by atoms with Crippen LogP contribution >= 0.6 is 11.6 Å². The summed E-state index contributed by atoms with van der Waals surface area (Å²) in [5.74, 6) is 0.546. The highest BCUT2D eigenvalue weighted by Crippen LogP contribution is 2.29. The van der Waals surface area contributed by atoms with Gasteiger partial charge in [0.25, 0.3) is 0 Å². The molecule has 0 bridgehead atoms. The van der Waals surface area contributed by atoms with Crippen molar-refractivity contribution in [3.63, 3.8) is 0 Å². The third-order valence-electron chi connectivity index (χ3n) is 5.46. The molecule has 9 heteroatoms. The second-order valence-corrected chi connectivity index (χ2v) is 8.11. The second-order valence-electron chi connectivity index (χ2n) is 7.70. The Morgan fingerprint density at radius 3 is 2.68 bits per heavy atom. The molecule has 0 unspecified atom stereocenters. The number of nitrogens with zero attached hydrogens (tertiary/aromatic N) is 3. The Kier molecular flexibility index (Phi) is 6.20. The van der Waals surface area contributed by atoms with Crippen LogP contribution in [0.3, 0.4) is 0 Å². The molecule has 0 atom stereocenters. The molecule has 31 heavy (non-hydrogen) atoms. The zero-order valence-electron chi connectivity index (χ0n) is 17.4. The van der Waals surface area contributed by atoms with Crippen LogP contribution in [0.15, 0.2) is 41.1 Å². The molecule has 0 radical (unpaired) electrons. The summed E-state index contributed by atoms with van der Waals surface area (Å²) in [7, 11) is 3.68. The third-order valence-corrected chi connectivity index (χ3v) is 5.75. The van der Waals surface area contributed by atoms with Crippen molar-refractivity contribution in [1.29, 1.82) is 0 Å². The van der Waals surface area contributed by atoms with E-state index in [0.29, 0.717) is 35.0 Å². The lowest BCUT2D eigenvalue weighted by atomic mass is 9.98. The molecule has 2 heterocycles. The third kappa shape index (κ3) is 4.86.